The second-order valence-electron chi connectivity index (χ2n) is 4.19. The minimum Gasteiger partial charge on any atom is -0.389 e. The molecule has 0 bridgehead atoms. The van der Waals surface area contributed by atoms with Gasteiger partial charge < -0.3 is 5.11 Å². The summed E-state index contributed by atoms with van der Waals surface area (Å²) >= 11 is 7.76. The summed E-state index contributed by atoms with van der Waals surface area (Å²) in [6, 6.07) is 7.78. The number of aliphatic hydroxyl groups is 1. The predicted octanol–water partition coefficient (Wildman–Crippen LogP) is 3.14. The quantitative estimate of drug-likeness (QED) is 0.860. The van der Waals surface area contributed by atoms with Crippen LogP contribution in [0.25, 0.3) is 0 Å². The predicted molar refractivity (Wildman–Crippen MR) is 66.7 cm³/mol. The van der Waals surface area contributed by atoms with Gasteiger partial charge in [-0.05, 0) is 36.3 Å². The molecule has 0 amide bonds. The van der Waals surface area contributed by atoms with E-state index in [1.165, 1.54) is 5.75 Å². The van der Waals surface area contributed by atoms with Gasteiger partial charge in [-0.25, -0.2) is 0 Å². The van der Waals surface area contributed by atoms with Crippen molar-refractivity contribution in [3.05, 3.63) is 34.9 Å². The lowest BCUT2D eigenvalue weighted by Crippen LogP contribution is -2.37. The molecule has 0 aliphatic carbocycles. The molecule has 1 fully saturated rings. The van der Waals surface area contributed by atoms with Crippen molar-refractivity contribution >= 4 is 23.4 Å². The fourth-order valence-corrected chi connectivity index (χ4v) is 3.34. The molecule has 1 aromatic rings. The molecule has 82 valence electrons. The highest BCUT2D eigenvalue weighted by molar-refractivity contribution is 7.99. The summed E-state index contributed by atoms with van der Waals surface area (Å²) in [7, 11) is 0. The molecule has 1 aliphatic heterocycles. The van der Waals surface area contributed by atoms with Crippen molar-refractivity contribution in [1.82, 2.24) is 0 Å². The third-order valence-corrected chi connectivity index (χ3v) is 4.28. The van der Waals surface area contributed by atoms with E-state index >= 15 is 0 Å². The van der Waals surface area contributed by atoms with Crippen LogP contribution in [-0.4, -0.2) is 22.2 Å². The molecule has 1 atom stereocenters. The SMILES string of the molecule is OC1(Cc2cccc(Cl)c2)CCCSC1. The lowest BCUT2D eigenvalue weighted by Gasteiger charge is -2.31. The first-order valence-corrected chi connectivity index (χ1v) is 6.76. The average molecular weight is 243 g/mol. The van der Waals surface area contributed by atoms with Gasteiger partial charge in [0.25, 0.3) is 0 Å². The minimum absolute atomic E-state index is 0.520. The van der Waals surface area contributed by atoms with E-state index in [0.29, 0.717) is 0 Å². The Morgan fingerprint density at radius 3 is 3.00 bits per heavy atom. The molecule has 1 nitrogen and oxygen atoms in total. The molecule has 0 aromatic heterocycles. The first-order valence-electron chi connectivity index (χ1n) is 5.23. The van der Waals surface area contributed by atoms with E-state index in [4.69, 9.17) is 11.6 Å². The molecule has 1 aromatic carbocycles. The van der Waals surface area contributed by atoms with Crippen LogP contribution in [0.3, 0.4) is 0 Å². The van der Waals surface area contributed by atoms with Crippen molar-refractivity contribution in [3.8, 4) is 0 Å². The molecule has 2 rings (SSSR count). The second kappa shape index (κ2) is 4.77. The van der Waals surface area contributed by atoms with Gasteiger partial charge in [-0.15, -0.1) is 0 Å². The van der Waals surface area contributed by atoms with E-state index < -0.39 is 5.60 Å². The maximum absolute atomic E-state index is 10.4. The number of hydrogen-bond donors (Lipinski definition) is 1. The van der Waals surface area contributed by atoms with E-state index in [0.717, 1.165) is 35.6 Å². The van der Waals surface area contributed by atoms with Crippen molar-refractivity contribution in [3.63, 3.8) is 0 Å². The van der Waals surface area contributed by atoms with Crippen LogP contribution >= 0.6 is 23.4 Å². The van der Waals surface area contributed by atoms with Gasteiger partial charge in [0, 0.05) is 17.2 Å². The van der Waals surface area contributed by atoms with Gasteiger partial charge in [-0.3, -0.25) is 0 Å². The molecule has 1 heterocycles. The summed E-state index contributed by atoms with van der Waals surface area (Å²) < 4.78 is 0. The molecule has 1 N–H and O–H groups in total. The highest BCUT2D eigenvalue weighted by Gasteiger charge is 2.29. The lowest BCUT2D eigenvalue weighted by molar-refractivity contribution is 0.0530. The van der Waals surface area contributed by atoms with Gasteiger partial charge >= 0.3 is 0 Å². The van der Waals surface area contributed by atoms with Crippen molar-refractivity contribution in [2.45, 2.75) is 24.9 Å². The summed E-state index contributed by atoms with van der Waals surface area (Å²) in [6.45, 7) is 0. The van der Waals surface area contributed by atoms with Crippen LogP contribution in [0.2, 0.25) is 5.02 Å². The first-order chi connectivity index (χ1) is 7.18. The van der Waals surface area contributed by atoms with Crippen LogP contribution in [0, 0.1) is 0 Å². The minimum atomic E-state index is -0.520. The van der Waals surface area contributed by atoms with E-state index in [1.807, 2.05) is 36.0 Å². The molecule has 1 unspecified atom stereocenters. The largest absolute Gasteiger partial charge is 0.389 e. The monoisotopic (exact) mass is 242 g/mol. The standard InChI is InChI=1S/C12H15ClOS/c13-11-4-1-3-10(7-11)8-12(14)5-2-6-15-9-12/h1,3-4,7,14H,2,5-6,8-9H2. The van der Waals surface area contributed by atoms with Crippen LogP contribution in [0.5, 0.6) is 0 Å². The zero-order chi connectivity index (χ0) is 10.7. The highest BCUT2D eigenvalue weighted by atomic mass is 35.5. The molecular weight excluding hydrogens is 228 g/mol. The maximum Gasteiger partial charge on any atom is 0.0778 e. The Balaban J connectivity index is 2.06. The zero-order valence-corrected chi connectivity index (χ0v) is 10.2. The van der Waals surface area contributed by atoms with Crippen LogP contribution < -0.4 is 0 Å². The average Bonchev–Trinajstić information content (AvgIpc) is 2.18. The molecule has 0 spiro atoms. The fourth-order valence-electron chi connectivity index (χ4n) is 2.00. The topological polar surface area (TPSA) is 20.2 Å². The van der Waals surface area contributed by atoms with Crippen LogP contribution in [0.15, 0.2) is 24.3 Å². The van der Waals surface area contributed by atoms with Gasteiger partial charge in [0.15, 0.2) is 0 Å². The van der Waals surface area contributed by atoms with Crippen molar-refractivity contribution < 1.29 is 5.11 Å². The van der Waals surface area contributed by atoms with Crippen LogP contribution in [0.1, 0.15) is 18.4 Å². The maximum atomic E-state index is 10.4. The number of halogens is 1. The van der Waals surface area contributed by atoms with Crippen molar-refractivity contribution in [1.29, 1.82) is 0 Å². The molecular formula is C12H15ClOS. The molecule has 1 saturated heterocycles. The molecule has 0 radical (unpaired) electrons. The number of hydrogen-bond acceptors (Lipinski definition) is 2. The first kappa shape index (κ1) is 11.3. The normalized spacial score (nSPS) is 26.5. The molecule has 1 aliphatic rings. The Bertz CT molecular complexity index is 334. The summed E-state index contributed by atoms with van der Waals surface area (Å²) in [4.78, 5) is 0. The molecule has 0 saturated carbocycles. The lowest BCUT2D eigenvalue weighted by atomic mass is 9.91. The summed E-state index contributed by atoms with van der Waals surface area (Å²) in [5.41, 5.74) is 0.612. The third kappa shape index (κ3) is 3.13. The number of benzene rings is 1. The van der Waals surface area contributed by atoms with E-state index in [2.05, 4.69) is 0 Å². The van der Waals surface area contributed by atoms with E-state index in [1.54, 1.807) is 0 Å². The third-order valence-electron chi connectivity index (χ3n) is 2.72. The smallest absolute Gasteiger partial charge is 0.0778 e. The van der Waals surface area contributed by atoms with E-state index in [9.17, 15) is 5.11 Å². The number of thioether (sulfide) groups is 1. The van der Waals surface area contributed by atoms with Gasteiger partial charge in [0.1, 0.15) is 0 Å². The fraction of sp³-hybridized carbons (Fsp3) is 0.500. The second-order valence-corrected chi connectivity index (χ2v) is 5.73. The zero-order valence-electron chi connectivity index (χ0n) is 8.58. The van der Waals surface area contributed by atoms with Gasteiger partial charge in [0.05, 0.1) is 5.60 Å². The van der Waals surface area contributed by atoms with Crippen LogP contribution in [-0.2, 0) is 6.42 Å². The summed E-state index contributed by atoms with van der Waals surface area (Å²) in [6.07, 6.45) is 2.74. The number of rotatable bonds is 2. The molecule has 3 heteroatoms. The van der Waals surface area contributed by atoms with Gasteiger partial charge in [-0.1, -0.05) is 23.7 Å². The Kier molecular flexibility index (Phi) is 3.60. The van der Waals surface area contributed by atoms with Gasteiger partial charge in [-0.2, -0.15) is 11.8 Å². The van der Waals surface area contributed by atoms with Gasteiger partial charge in [0.2, 0.25) is 0 Å². The van der Waals surface area contributed by atoms with Crippen molar-refractivity contribution in [2.75, 3.05) is 11.5 Å². The molecule has 15 heavy (non-hydrogen) atoms. The Labute approximate surface area is 99.8 Å². The van der Waals surface area contributed by atoms with Crippen molar-refractivity contribution in [2.24, 2.45) is 0 Å². The summed E-state index contributed by atoms with van der Waals surface area (Å²) in [5, 5.41) is 11.1. The highest BCUT2D eigenvalue weighted by Crippen LogP contribution is 2.30. The van der Waals surface area contributed by atoms with E-state index in [-0.39, 0.29) is 0 Å². The Morgan fingerprint density at radius 1 is 1.47 bits per heavy atom. The van der Waals surface area contributed by atoms with Crippen LogP contribution in [0.4, 0.5) is 0 Å². The Hall–Kier alpha value is -0.180. The summed E-state index contributed by atoms with van der Waals surface area (Å²) in [5.74, 6) is 2.03. The Morgan fingerprint density at radius 2 is 2.33 bits per heavy atom.